The van der Waals surface area contributed by atoms with Crippen LogP contribution in [0.3, 0.4) is 0 Å². The minimum Gasteiger partial charge on any atom is -0.480 e. The maximum Gasteiger partial charge on any atom is 0.416 e. The van der Waals surface area contributed by atoms with E-state index in [-0.39, 0.29) is 0 Å². The lowest BCUT2D eigenvalue weighted by Gasteiger charge is -2.10. The van der Waals surface area contributed by atoms with Crippen LogP contribution in [0.15, 0.2) is 48.5 Å². The van der Waals surface area contributed by atoms with Crippen LogP contribution < -0.4 is 5.73 Å². The zero-order chi connectivity index (χ0) is 15.6. The molecule has 0 radical (unpaired) electrons. The van der Waals surface area contributed by atoms with Crippen molar-refractivity contribution in [2.24, 2.45) is 5.73 Å². The Morgan fingerprint density at radius 2 is 1.67 bits per heavy atom. The first kappa shape index (κ1) is 15.1. The highest BCUT2D eigenvalue weighted by Gasteiger charge is 2.29. The summed E-state index contributed by atoms with van der Waals surface area (Å²) in [4.78, 5) is 10.9. The fraction of sp³-hybridized carbons (Fsp3) is 0.133. The molecule has 0 unspecified atom stereocenters. The second-order valence-corrected chi connectivity index (χ2v) is 4.52. The molecule has 0 bridgehead atoms. The molecular formula is C15H12F3NO2. The monoisotopic (exact) mass is 295 g/mol. The van der Waals surface area contributed by atoms with Gasteiger partial charge in [-0.3, -0.25) is 4.79 Å². The van der Waals surface area contributed by atoms with Crippen LogP contribution in [0.2, 0.25) is 0 Å². The molecule has 2 aromatic rings. The summed E-state index contributed by atoms with van der Waals surface area (Å²) in [7, 11) is 0. The third-order valence-electron chi connectivity index (χ3n) is 3.06. The van der Waals surface area contributed by atoms with Crippen molar-refractivity contribution >= 4 is 5.97 Å². The number of nitrogens with two attached hydrogens (primary N) is 1. The fourth-order valence-corrected chi connectivity index (χ4v) is 1.91. The second-order valence-electron chi connectivity index (χ2n) is 4.52. The van der Waals surface area contributed by atoms with E-state index >= 15 is 0 Å². The van der Waals surface area contributed by atoms with E-state index in [1.807, 2.05) is 0 Å². The van der Waals surface area contributed by atoms with Crippen molar-refractivity contribution in [1.29, 1.82) is 0 Å². The first-order valence-electron chi connectivity index (χ1n) is 6.05. The maximum atomic E-state index is 12.5. The van der Waals surface area contributed by atoms with Gasteiger partial charge in [0.2, 0.25) is 0 Å². The third-order valence-corrected chi connectivity index (χ3v) is 3.06. The summed E-state index contributed by atoms with van der Waals surface area (Å²) in [5.74, 6) is -1.17. The van der Waals surface area contributed by atoms with Crippen LogP contribution in [0, 0.1) is 0 Å². The summed E-state index contributed by atoms with van der Waals surface area (Å²) in [5, 5.41) is 8.87. The molecule has 110 valence electrons. The number of alkyl halides is 3. The Balaban J connectivity index is 2.34. The summed E-state index contributed by atoms with van der Waals surface area (Å²) in [6.45, 7) is 0. The van der Waals surface area contributed by atoms with Gasteiger partial charge in [-0.15, -0.1) is 0 Å². The smallest absolute Gasteiger partial charge is 0.416 e. The van der Waals surface area contributed by atoms with Gasteiger partial charge in [-0.25, -0.2) is 0 Å². The molecule has 2 rings (SSSR count). The molecule has 0 aliphatic heterocycles. The molecule has 0 aliphatic carbocycles. The van der Waals surface area contributed by atoms with E-state index in [4.69, 9.17) is 10.8 Å². The van der Waals surface area contributed by atoms with Gasteiger partial charge in [0.1, 0.15) is 6.04 Å². The molecule has 2 aromatic carbocycles. The van der Waals surface area contributed by atoms with E-state index in [0.29, 0.717) is 16.7 Å². The number of hydrogen-bond donors (Lipinski definition) is 2. The molecule has 0 spiro atoms. The van der Waals surface area contributed by atoms with Crippen molar-refractivity contribution in [3.63, 3.8) is 0 Å². The standard InChI is InChI=1S/C15H12F3NO2/c16-15(17,18)12-6-4-9(5-7-12)10-2-1-3-11(8-10)13(19)14(20)21/h1-8,13H,19H2,(H,20,21)/t13-/m0/s1. The molecule has 21 heavy (non-hydrogen) atoms. The van der Waals surface area contributed by atoms with Crippen molar-refractivity contribution in [2.45, 2.75) is 12.2 Å². The Kier molecular flexibility index (Phi) is 3.99. The lowest BCUT2D eigenvalue weighted by molar-refractivity contribution is -0.139. The molecule has 3 nitrogen and oxygen atoms in total. The Bertz CT molecular complexity index is 651. The summed E-state index contributed by atoms with van der Waals surface area (Å²) >= 11 is 0. The number of benzene rings is 2. The van der Waals surface area contributed by atoms with Gasteiger partial charge in [-0.2, -0.15) is 13.2 Å². The summed E-state index contributed by atoms with van der Waals surface area (Å²) in [6.07, 6.45) is -4.38. The Morgan fingerprint density at radius 1 is 1.05 bits per heavy atom. The molecule has 0 aromatic heterocycles. The molecule has 0 fully saturated rings. The normalized spacial score (nSPS) is 13.0. The van der Waals surface area contributed by atoms with Crippen molar-refractivity contribution < 1.29 is 23.1 Å². The van der Waals surface area contributed by atoms with Crippen LogP contribution >= 0.6 is 0 Å². The van der Waals surface area contributed by atoms with Gasteiger partial charge in [0.25, 0.3) is 0 Å². The lowest BCUT2D eigenvalue weighted by atomic mass is 9.99. The largest absolute Gasteiger partial charge is 0.480 e. The Morgan fingerprint density at radius 3 is 2.19 bits per heavy atom. The maximum absolute atomic E-state index is 12.5. The molecule has 0 aliphatic rings. The Hall–Kier alpha value is -2.34. The molecular weight excluding hydrogens is 283 g/mol. The topological polar surface area (TPSA) is 63.3 Å². The van der Waals surface area contributed by atoms with E-state index in [1.54, 1.807) is 24.3 Å². The molecule has 3 N–H and O–H groups in total. The number of carboxylic acids is 1. The van der Waals surface area contributed by atoms with Crippen molar-refractivity contribution in [1.82, 2.24) is 0 Å². The van der Waals surface area contributed by atoms with Crippen molar-refractivity contribution in [3.05, 3.63) is 59.7 Å². The van der Waals surface area contributed by atoms with Gasteiger partial charge >= 0.3 is 12.1 Å². The predicted molar refractivity (Wildman–Crippen MR) is 71.4 cm³/mol. The highest BCUT2D eigenvalue weighted by Crippen LogP contribution is 2.31. The third kappa shape index (κ3) is 3.41. The summed E-state index contributed by atoms with van der Waals surface area (Å²) < 4.78 is 37.5. The van der Waals surface area contributed by atoms with Gasteiger partial charge < -0.3 is 10.8 Å². The average molecular weight is 295 g/mol. The first-order valence-corrected chi connectivity index (χ1v) is 6.05. The van der Waals surface area contributed by atoms with Crippen molar-refractivity contribution in [2.75, 3.05) is 0 Å². The number of carbonyl (C=O) groups is 1. The van der Waals surface area contributed by atoms with Gasteiger partial charge in [-0.1, -0.05) is 30.3 Å². The van der Waals surface area contributed by atoms with Crippen LogP contribution in [0.25, 0.3) is 11.1 Å². The van der Waals surface area contributed by atoms with E-state index in [1.165, 1.54) is 12.1 Å². The SMILES string of the molecule is N[C@H](C(=O)O)c1cccc(-c2ccc(C(F)(F)F)cc2)c1. The van der Waals surface area contributed by atoms with Crippen molar-refractivity contribution in [3.8, 4) is 11.1 Å². The lowest BCUT2D eigenvalue weighted by Crippen LogP contribution is -2.20. The zero-order valence-electron chi connectivity index (χ0n) is 10.8. The number of carboxylic acid groups (broad SMARTS) is 1. The molecule has 0 saturated heterocycles. The number of rotatable bonds is 3. The van der Waals surface area contributed by atoms with Crippen LogP contribution in [0.4, 0.5) is 13.2 Å². The van der Waals surface area contributed by atoms with E-state index in [9.17, 15) is 18.0 Å². The number of hydrogen-bond acceptors (Lipinski definition) is 2. The van der Waals surface area contributed by atoms with Gasteiger partial charge in [0, 0.05) is 0 Å². The predicted octanol–water partition coefficient (Wildman–Crippen LogP) is 3.46. The van der Waals surface area contributed by atoms with E-state index < -0.39 is 23.8 Å². The highest BCUT2D eigenvalue weighted by atomic mass is 19.4. The number of aliphatic carboxylic acids is 1. The average Bonchev–Trinajstić information content (AvgIpc) is 2.46. The van der Waals surface area contributed by atoms with E-state index in [0.717, 1.165) is 12.1 Å². The number of halogens is 3. The zero-order valence-corrected chi connectivity index (χ0v) is 10.8. The summed E-state index contributed by atoms with van der Waals surface area (Å²) in [6, 6.07) is 9.90. The molecule has 1 atom stereocenters. The van der Waals surface area contributed by atoms with Crippen LogP contribution in [0.1, 0.15) is 17.2 Å². The minimum atomic E-state index is -4.38. The van der Waals surface area contributed by atoms with Gasteiger partial charge in [0.15, 0.2) is 0 Å². The highest BCUT2D eigenvalue weighted by molar-refractivity contribution is 5.76. The molecule has 6 heteroatoms. The van der Waals surface area contributed by atoms with Gasteiger partial charge in [-0.05, 0) is 34.9 Å². The molecule has 0 heterocycles. The quantitative estimate of drug-likeness (QED) is 0.911. The van der Waals surface area contributed by atoms with Crippen LogP contribution in [0.5, 0.6) is 0 Å². The van der Waals surface area contributed by atoms with Gasteiger partial charge in [0.05, 0.1) is 5.56 Å². The Labute approximate surface area is 118 Å². The minimum absolute atomic E-state index is 0.389. The first-order chi connectivity index (χ1) is 9.79. The fourth-order valence-electron chi connectivity index (χ4n) is 1.91. The van der Waals surface area contributed by atoms with E-state index in [2.05, 4.69) is 0 Å². The second kappa shape index (κ2) is 5.57. The molecule has 0 saturated carbocycles. The molecule has 0 amide bonds. The van der Waals surface area contributed by atoms with Crippen LogP contribution in [-0.4, -0.2) is 11.1 Å². The summed E-state index contributed by atoms with van der Waals surface area (Å²) in [5.41, 5.74) is 6.34. The van der Waals surface area contributed by atoms with Crippen LogP contribution in [-0.2, 0) is 11.0 Å².